The molecule has 2 heterocycles. The minimum absolute atomic E-state index is 0.0978. The predicted octanol–water partition coefficient (Wildman–Crippen LogP) is -0.971. The number of ether oxygens (including phenoxy) is 3. The Bertz CT molecular complexity index is 316. The van der Waals surface area contributed by atoms with Crippen LogP contribution in [0.15, 0.2) is 0 Å². The number of fused-ring (bicyclic) bond motifs is 1. The number of esters is 1. The zero-order valence-corrected chi connectivity index (χ0v) is 8.77. The summed E-state index contributed by atoms with van der Waals surface area (Å²) in [5.74, 6) is -2.10. The predicted molar refractivity (Wildman–Crippen MR) is 49.1 cm³/mol. The number of hydrogen-bond acceptors (Lipinski definition) is 7. The molecule has 0 aromatic heterocycles. The highest BCUT2D eigenvalue weighted by atomic mass is 17.1. The van der Waals surface area contributed by atoms with Crippen LogP contribution < -0.4 is 0 Å². The lowest BCUT2D eigenvalue weighted by Crippen LogP contribution is -2.35. The Kier molecular flexibility index (Phi) is 3.57. The van der Waals surface area contributed by atoms with E-state index in [1.807, 2.05) is 0 Å². The number of hydrogen-bond donors (Lipinski definition) is 2. The third kappa shape index (κ3) is 2.55. The molecular formula is C9H12O8. The highest BCUT2D eigenvalue weighted by molar-refractivity contribution is 5.90. The maximum Gasteiger partial charge on any atom is 0.317 e. The van der Waals surface area contributed by atoms with Crippen molar-refractivity contribution in [2.24, 2.45) is 0 Å². The first-order valence-electron chi connectivity index (χ1n) is 5.06. The van der Waals surface area contributed by atoms with E-state index in [1.165, 1.54) is 0 Å². The summed E-state index contributed by atoms with van der Waals surface area (Å²) in [6, 6.07) is 0. The first-order chi connectivity index (χ1) is 8.11. The van der Waals surface area contributed by atoms with Gasteiger partial charge in [-0.1, -0.05) is 0 Å². The fourth-order valence-corrected chi connectivity index (χ4v) is 1.95. The summed E-state index contributed by atoms with van der Waals surface area (Å²) in [5.41, 5.74) is 0. The molecule has 8 heteroatoms. The Morgan fingerprint density at radius 1 is 1.18 bits per heavy atom. The Morgan fingerprint density at radius 2 is 1.76 bits per heavy atom. The van der Waals surface area contributed by atoms with Crippen LogP contribution in [0.2, 0.25) is 0 Å². The average molecular weight is 248 g/mol. The second-order valence-corrected chi connectivity index (χ2v) is 3.84. The van der Waals surface area contributed by atoms with Gasteiger partial charge in [-0.05, 0) is 0 Å². The number of carbonyl (C=O) groups excluding carboxylic acids is 1. The fourth-order valence-electron chi connectivity index (χ4n) is 1.95. The first-order valence-corrected chi connectivity index (χ1v) is 5.06. The van der Waals surface area contributed by atoms with E-state index < -0.39 is 42.8 Å². The molecule has 0 aromatic carbocycles. The zero-order valence-electron chi connectivity index (χ0n) is 8.77. The van der Waals surface area contributed by atoms with Gasteiger partial charge in [0.2, 0.25) is 0 Å². The number of aliphatic carboxylic acids is 1. The van der Waals surface area contributed by atoms with Gasteiger partial charge in [-0.25, -0.2) is 4.89 Å². The molecule has 2 N–H and O–H groups in total. The van der Waals surface area contributed by atoms with E-state index in [9.17, 15) is 9.59 Å². The molecule has 17 heavy (non-hydrogen) atoms. The van der Waals surface area contributed by atoms with Crippen LogP contribution in [-0.4, -0.2) is 59.9 Å². The van der Waals surface area contributed by atoms with Gasteiger partial charge in [-0.2, -0.15) is 0 Å². The van der Waals surface area contributed by atoms with Crippen LogP contribution in [0, 0.1) is 0 Å². The van der Waals surface area contributed by atoms with Crippen molar-refractivity contribution >= 4 is 11.9 Å². The molecule has 0 saturated carbocycles. The Labute approximate surface area is 95.9 Å². The molecule has 8 nitrogen and oxygen atoms in total. The molecule has 2 rings (SSSR count). The third-order valence-corrected chi connectivity index (χ3v) is 2.68. The van der Waals surface area contributed by atoms with E-state index in [0.717, 1.165) is 0 Å². The molecule has 0 radical (unpaired) electrons. The van der Waals surface area contributed by atoms with Crippen molar-refractivity contribution in [3.63, 3.8) is 0 Å². The number of carboxylic acids is 1. The van der Waals surface area contributed by atoms with Crippen molar-refractivity contribution < 1.29 is 39.1 Å². The Morgan fingerprint density at radius 3 is 2.35 bits per heavy atom. The molecule has 2 fully saturated rings. The molecule has 0 spiro atoms. The first kappa shape index (κ1) is 12.2. The monoisotopic (exact) mass is 248 g/mol. The van der Waals surface area contributed by atoms with Crippen molar-refractivity contribution in [1.82, 2.24) is 0 Å². The van der Waals surface area contributed by atoms with Crippen LogP contribution in [0.25, 0.3) is 0 Å². The molecule has 4 atom stereocenters. The quantitative estimate of drug-likeness (QED) is 0.283. The second kappa shape index (κ2) is 4.96. The minimum Gasteiger partial charge on any atom is -0.481 e. The van der Waals surface area contributed by atoms with Gasteiger partial charge in [-0.3, -0.25) is 14.8 Å². The minimum atomic E-state index is -1.26. The van der Waals surface area contributed by atoms with Gasteiger partial charge in [0.25, 0.3) is 0 Å². The normalized spacial score (nSPS) is 35.6. The smallest absolute Gasteiger partial charge is 0.317 e. The van der Waals surface area contributed by atoms with E-state index in [4.69, 9.17) is 24.6 Å². The van der Waals surface area contributed by atoms with Gasteiger partial charge in [0.1, 0.15) is 24.7 Å². The van der Waals surface area contributed by atoms with Crippen LogP contribution in [0.3, 0.4) is 0 Å². The lowest BCUT2D eigenvalue weighted by Gasteiger charge is -2.15. The van der Waals surface area contributed by atoms with Crippen molar-refractivity contribution in [3.8, 4) is 0 Å². The Hall–Kier alpha value is -1.22. The van der Waals surface area contributed by atoms with E-state index >= 15 is 0 Å². The van der Waals surface area contributed by atoms with Gasteiger partial charge < -0.3 is 19.3 Å². The van der Waals surface area contributed by atoms with E-state index in [-0.39, 0.29) is 13.2 Å². The lowest BCUT2D eigenvalue weighted by molar-refractivity contribution is -0.291. The second-order valence-electron chi connectivity index (χ2n) is 3.84. The average Bonchev–Trinajstić information content (AvgIpc) is 2.79. The van der Waals surface area contributed by atoms with E-state index in [0.29, 0.717) is 0 Å². The van der Waals surface area contributed by atoms with Crippen LogP contribution in [-0.2, 0) is 28.7 Å². The largest absolute Gasteiger partial charge is 0.481 e. The third-order valence-electron chi connectivity index (χ3n) is 2.68. The number of rotatable bonds is 4. The van der Waals surface area contributed by atoms with Crippen molar-refractivity contribution in [3.05, 3.63) is 0 Å². The van der Waals surface area contributed by atoms with Crippen LogP contribution in [0.5, 0.6) is 0 Å². The highest BCUT2D eigenvalue weighted by Crippen LogP contribution is 2.30. The number of carbonyl (C=O) groups is 2. The van der Waals surface area contributed by atoms with Gasteiger partial charge >= 0.3 is 11.9 Å². The molecule has 2 aliphatic heterocycles. The molecule has 0 aliphatic carbocycles. The molecule has 0 amide bonds. The lowest BCUT2D eigenvalue weighted by atomic mass is 10.1. The Balaban J connectivity index is 1.88. The maximum absolute atomic E-state index is 11.2. The molecule has 2 saturated heterocycles. The molecule has 0 bridgehead atoms. The van der Waals surface area contributed by atoms with Crippen molar-refractivity contribution in [2.45, 2.75) is 30.8 Å². The summed E-state index contributed by atoms with van der Waals surface area (Å²) in [5, 5.41) is 17.0. The summed E-state index contributed by atoms with van der Waals surface area (Å²) in [7, 11) is 0. The standard InChI is InChI=1S/C9H12O8/c10-6(11)1-7(12)16-4-2-14-9-5(17-13)3-15-8(4)9/h4-5,8-9,13H,1-3H2,(H,10,11). The summed E-state index contributed by atoms with van der Waals surface area (Å²) in [6.45, 7) is 0.235. The highest BCUT2D eigenvalue weighted by Gasteiger charge is 2.50. The van der Waals surface area contributed by atoms with E-state index in [1.54, 1.807) is 0 Å². The van der Waals surface area contributed by atoms with Gasteiger partial charge in [0.05, 0.1) is 13.2 Å². The zero-order chi connectivity index (χ0) is 12.4. The maximum atomic E-state index is 11.2. The van der Waals surface area contributed by atoms with Gasteiger partial charge in [0.15, 0.2) is 6.10 Å². The fraction of sp³-hybridized carbons (Fsp3) is 0.778. The van der Waals surface area contributed by atoms with Gasteiger partial charge in [0, 0.05) is 0 Å². The molecule has 2 aliphatic rings. The molecule has 0 aromatic rings. The van der Waals surface area contributed by atoms with Crippen molar-refractivity contribution in [1.29, 1.82) is 0 Å². The van der Waals surface area contributed by atoms with Crippen LogP contribution >= 0.6 is 0 Å². The SMILES string of the molecule is O=C(O)CC(=O)OC1COC2C(OO)COC12. The summed E-state index contributed by atoms with van der Waals surface area (Å²) in [6.07, 6.45) is -2.99. The van der Waals surface area contributed by atoms with Crippen LogP contribution in [0.4, 0.5) is 0 Å². The summed E-state index contributed by atoms with van der Waals surface area (Å²) >= 11 is 0. The number of carboxylic acid groups (broad SMARTS) is 1. The van der Waals surface area contributed by atoms with Crippen LogP contribution in [0.1, 0.15) is 6.42 Å². The van der Waals surface area contributed by atoms with Gasteiger partial charge in [-0.15, -0.1) is 0 Å². The topological polar surface area (TPSA) is 112 Å². The molecular weight excluding hydrogens is 236 g/mol. The van der Waals surface area contributed by atoms with Crippen molar-refractivity contribution in [2.75, 3.05) is 13.2 Å². The van der Waals surface area contributed by atoms with E-state index in [2.05, 4.69) is 4.89 Å². The molecule has 4 unspecified atom stereocenters. The summed E-state index contributed by atoms with van der Waals surface area (Å²) < 4.78 is 15.5. The molecule has 96 valence electrons. The summed E-state index contributed by atoms with van der Waals surface area (Å²) in [4.78, 5) is 25.6.